The van der Waals surface area contributed by atoms with E-state index >= 15 is 0 Å². The molecule has 1 aliphatic heterocycles. The Morgan fingerprint density at radius 2 is 2.26 bits per heavy atom. The molecule has 1 heterocycles. The summed E-state index contributed by atoms with van der Waals surface area (Å²) in [6, 6.07) is 4.66. The van der Waals surface area contributed by atoms with Crippen LogP contribution < -0.4 is 10.0 Å². The number of sulfonamides is 1. The number of hydrogen-bond acceptors (Lipinski definition) is 3. The van der Waals surface area contributed by atoms with Crippen molar-refractivity contribution in [3.8, 4) is 0 Å². The van der Waals surface area contributed by atoms with Crippen LogP contribution in [0.15, 0.2) is 27.6 Å². The van der Waals surface area contributed by atoms with E-state index in [0.717, 1.165) is 25.9 Å². The van der Waals surface area contributed by atoms with Crippen LogP contribution in [-0.2, 0) is 10.0 Å². The van der Waals surface area contributed by atoms with Gasteiger partial charge in [0, 0.05) is 16.0 Å². The molecule has 7 heteroatoms. The highest BCUT2D eigenvalue weighted by molar-refractivity contribution is 9.10. The topological polar surface area (TPSA) is 58.2 Å². The summed E-state index contributed by atoms with van der Waals surface area (Å²) < 4.78 is 27.5. The SMILES string of the molecule is O=S(=O)(NCC1CCCNC1)c1ccc(Cl)cc1Br. The van der Waals surface area contributed by atoms with Crippen molar-refractivity contribution in [1.82, 2.24) is 10.0 Å². The molecule has 1 unspecified atom stereocenters. The molecule has 1 aromatic rings. The van der Waals surface area contributed by atoms with Crippen molar-refractivity contribution in [2.24, 2.45) is 5.92 Å². The Hall–Kier alpha value is -0.140. The zero-order valence-corrected chi connectivity index (χ0v) is 13.5. The average molecular weight is 368 g/mol. The Morgan fingerprint density at radius 1 is 1.47 bits per heavy atom. The van der Waals surface area contributed by atoms with Gasteiger partial charge in [0.2, 0.25) is 10.0 Å². The molecule has 0 bridgehead atoms. The number of halogens is 2. The van der Waals surface area contributed by atoms with Gasteiger partial charge in [0.25, 0.3) is 0 Å². The van der Waals surface area contributed by atoms with Crippen molar-refractivity contribution in [2.45, 2.75) is 17.7 Å². The first-order valence-corrected chi connectivity index (χ1v) is 8.80. The number of nitrogens with one attached hydrogen (secondary N) is 2. The van der Waals surface area contributed by atoms with E-state index in [-0.39, 0.29) is 4.90 Å². The summed E-state index contributed by atoms with van der Waals surface area (Å²) in [5.74, 6) is 0.356. The standard InChI is InChI=1S/C12H16BrClN2O2S/c13-11-6-10(14)3-4-12(11)19(17,18)16-8-9-2-1-5-15-7-9/h3-4,6,9,15-16H,1-2,5,7-8H2. The Kier molecular flexibility index (Phi) is 5.25. The van der Waals surface area contributed by atoms with E-state index < -0.39 is 10.0 Å². The molecule has 1 saturated heterocycles. The molecule has 0 aliphatic carbocycles. The molecular formula is C12H16BrClN2O2S. The molecule has 0 aromatic heterocycles. The molecular weight excluding hydrogens is 352 g/mol. The van der Waals surface area contributed by atoms with Gasteiger partial charge < -0.3 is 5.32 Å². The molecule has 2 rings (SSSR count). The third kappa shape index (κ3) is 4.16. The first-order valence-electron chi connectivity index (χ1n) is 6.14. The van der Waals surface area contributed by atoms with Gasteiger partial charge in [0.05, 0.1) is 4.90 Å². The maximum absolute atomic E-state index is 12.2. The van der Waals surface area contributed by atoms with Gasteiger partial charge in [-0.1, -0.05) is 11.6 Å². The van der Waals surface area contributed by atoms with Crippen LogP contribution >= 0.6 is 27.5 Å². The minimum Gasteiger partial charge on any atom is -0.316 e. The number of piperidine rings is 1. The van der Waals surface area contributed by atoms with Crippen molar-refractivity contribution >= 4 is 37.6 Å². The van der Waals surface area contributed by atoms with E-state index in [1.807, 2.05) is 0 Å². The van der Waals surface area contributed by atoms with Gasteiger partial charge in [-0.25, -0.2) is 13.1 Å². The molecule has 0 radical (unpaired) electrons. The second kappa shape index (κ2) is 6.54. The number of hydrogen-bond donors (Lipinski definition) is 2. The van der Waals surface area contributed by atoms with Gasteiger partial charge in [0.15, 0.2) is 0 Å². The largest absolute Gasteiger partial charge is 0.316 e. The van der Waals surface area contributed by atoms with Gasteiger partial charge in [-0.2, -0.15) is 0 Å². The van der Waals surface area contributed by atoms with Crippen LogP contribution in [-0.4, -0.2) is 28.1 Å². The lowest BCUT2D eigenvalue weighted by atomic mass is 10.0. The maximum atomic E-state index is 12.2. The van der Waals surface area contributed by atoms with E-state index in [2.05, 4.69) is 26.0 Å². The van der Waals surface area contributed by atoms with Crippen molar-refractivity contribution in [3.05, 3.63) is 27.7 Å². The summed E-state index contributed by atoms with van der Waals surface area (Å²) in [5.41, 5.74) is 0. The van der Waals surface area contributed by atoms with Gasteiger partial charge in [-0.05, 0) is 66.0 Å². The highest BCUT2D eigenvalue weighted by Gasteiger charge is 2.20. The summed E-state index contributed by atoms with van der Waals surface area (Å²) in [5, 5.41) is 3.77. The van der Waals surface area contributed by atoms with Gasteiger partial charge in [0.1, 0.15) is 0 Å². The van der Waals surface area contributed by atoms with E-state index in [9.17, 15) is 8.42 Å². The summed E-state index contributed by atoms with van der Waals surface area (Å²) in [6.45, 7) is 2.35. The Bertz CT molecular complexity index is 545. The van der Waals surface area contributed by atoms with Crippen LogP contribution in [0.1, 0.15) is 12.8 Å². The van der Waals surface area contributed by atoms with E-state index in [0.29, 0.717) is 22.0 Å². The van der Waals surface area contributed by atoms with Gasteiger partial charge in [-0.3, -0.25) is 0 Å². The van der Waals surface area contributed by atoms with E-state index in [4.69, 9.17) is 11.6 Å². The minimum absolute atomic E-state index is 0.223. The Labute approximate surface area is 127 Å². The quantitative estimate of drug-likeness (QED) is 0.859. The van der Waals surface area contributed by atoms with E-state index in [1.54, 1.807) is 12.1 Å². The Morgan fingerprint density at radius 3 is 2.89 bits per heavy atom. The number of benzene rings is 1. The zero-order valence-electron chi connectivity index (χ0n) is 10.3. The monoisotopic (exact) mass is 366 g/mol. The van der Waals surface area contributed by atoms with Crippen LogP contribution in [0.2, 0.25) is 5.02 Å². The summed E-state index contributed by atoms with van der Waals surface area (Å²) in [7, 11) is -3.49. The lowest BCUT2D eigenvalue weighted by Gasteiger charge is -2.22. The first kappa shape index (κ1) is 15.3. The molecule has 1 aliphatic rings. The summed E-state index contributed by atoms with van der Waals surface area (Å²) in [4.78, 5) is 0.223. The van der Waals surface area contributed by atoms with Gasteiger partial charge in [-0.15, -0.1) is 0 Å². The van der Waals surface area contributed by atoms with Crippen LogP contribution in [0.25, 0.3) is 0 Å². The fourth-order valence-electron chi connectivity index (χ4n) is 2.10. The van der Waals surface area contributed by atoms with Crippen molar-refractivity contribution in [3.63, 3.8) is 0 Å². The fraction of sp³-hybridized carbons (Fsp3) is 0.500. The molecule has 1 aromatic carbocycles. The second-order valence-corrected chi connectivity index (χ2v) is 7.67. The predicted molar refractivity (Wildman–Crippen MR) is 79.9 cm³/mol. The first-order chi connectivity index (χ1) is 8.99. The number of rotatable bonds is 4. The maximum Gasteiger partial charge on any atom is 0.241 e. The Balaban J connectivity index is 2.05. The van der Waals surface area contributed by atoms with Crippen molar-refractivity contribution < 1.29 is 8.42 Å². The normalized spacial score (nSPS) is 20.4. The summed E-state index contributed by atoms with van der Waals surface area (Å²) >= 11 is 9.05. The third-order valence-corrected chi connectivity index (χ3v) is 5.78. The van der Waals surface area contributed by atoms with Gasteiger partial charge >= 0.3 is 0 Å². The predicted octanol–water partition coefficient (Wildman–Crippen LogP) is 2.38. The highest BCUT2D eigenvalue weighted by atomic mass is 79.9. The fourth-order valence-corrected chi connectivity index (χ4v) is 4.59. The summed E-state index contributed by atoms with van der Waals surface area (Å²) in [6.07, 6.45) is 2.15. The molecule has 4 nitrogen and oxygen atoms in total. The zero-order chi connectivity index (χ0) is 13.9. The molecule has 19 heavy (non-hydrogen) atoms. The van der Waals surface area contributed by atoms with Crippen molar-refractivity contribution in [1.29, 1.82) is 0 Å². The molecule has 1 atom stereocenters. The smallest absolute Gasteiger partial charge is 0.241 e. The average Bonchev–Trinajstić information content (AvgIpc) is 2.37. The lowest BCUT2D eigenvalue weighted by molar-refractivity contribution is 0.376. The van der Waals surface area contributed by atoms with Crippen LogP contribution in [0.3, 0.4) is 0 Å². The minimum atomic E-state index is -3.49. The molecule has 106 valence electrons. The van der Waals surface area contributed by atoms with Crippen LogP contribution in [0.4, 0.5) is 0 Å². The third-order valence-electron chi connectivity index (χ3n) is 3.14. The molecule has 0 spiro atoms. The van der Waals surface area contributed by atoms with Crippen molar-refractivity contribution in [2.75, 3.05) is 19.6 Å². The molecule has 0 amide bonds. The second-order valence-electron chi connectivity index (χ2n) is 4.64. The molecule has 2 N–H and O–H groups in total. The van der Waals surface area contributed by atoms with Crippen LogP contribution in [0.5, 0.6) is 0 Å². The van der Waals surface area contributed by atoms with Crippen LogP contribution in [0, 0.1) is 5.92 Å². The molecule has 1 fully saturated rings. The molecule has 0 saturated carbocycles. The van der Waals surface area contributed by atoms with E-state index in [1.165, 1.54) is 6.07 Å². The lowest BCUT2D eigenvalue weighted by Crippen LogP contribution is -2.38. The highest BCUT2D eigenvalue weighted by Crippen LogP contribution is 2.25.